The SMILES string of the molecule is Cc1ccccc1OCC(=O)N1CCN(S(=O)(=O)c2ccc(F)c(F)c2F)CC1. The molecule has 29 heavy (non-hydrogen) atoms. The maximum atomic E-state index is 13.9. The lowest BCUT2D eigenvalue weighted by Crippen LogP contribution is -2.51. The van der Waals surface area contributed by atoms with Crippen LogP contribution in [0.25, 0.3) is 0 Å². The number of amides is 1. The molecule has 0 atom stereocenters. The number of carbonyl (C=O) groups is 1. The van der Waals surface area contributed by atoms with Crippen LogP contribution in [0.3, 0.4) is 0 Å². The molecule has 3 rings (SSSR count). The van der Waals surface area contributed by atoms with E-state index in [1.54, 1.807) is 12.1 Å². The quantitative estimate of drug-likeness (QED) is 0.686. The lowest BCUT2D eigenvalue weighted by atomic mass is 10.2. The van der Waals surface area contributed by atoms with Gasteiger partial charge in [0, 0.05) is 26.2 Å². The Hall–Kier alpha value is -2.59. The zero-order valence-electron chi connectivity index (χ0n) is 15.6. The fraction of sp³-hybridized carbons (Fsp3) is 0.316. The van der Waals surface area contributed by atoms with Crippen LogP contribution < -0.4 is 4.74 Å². The van der Waals surface area contributed by atoms with Crippen molar-refractivity contribution in [2.45, 2.75) is 11.8 Å². The summed E-state index contributed by atoms with van der Waals surface area (Å²) in [4.78, 5) is 12.8. The van der Waals surface area contributed by atoms with E-state index in [1.807, 2.05) is 19.1 Å². The highest BCUT2D eigenvalue weighted by Crippen LogP contribution is 2.24. The lowest BCUT2D eigenvalue weighted by Gasteiger charge is -2.34. The third-order valence-corrected chi connectivity index (χ3v) is 6.57. The molecule has 0 radical (unpaired) electrons. The molecule has 1 aliphatic heterocycles. The van der Waals surface area contributed by atoms with Gasteiger partial charge in [0.1, 0.15) is 10.6 Å². The van der Waals surface area contributed by atoms with E-state index < -0.39 is 32.4 Å². The second-order valence-corrected chi connectivity index (χ2v) is 8.42. The lowest BCUT2D eigenvalue weighted by molar-refractivity contribution is -0.134. The van der Waals surface area contributed by atoms with E-state index in [-0.39, 0.29) is 38.7 Å². The van der Waals surface area contributed by atoms with Crippen molar-refractivity contribution in [3.8, 4) is 5.75 Å². The van der Waals surface area contributed by atoms with Gasteiger partial charge in [0.25, 0.3) is 5.91 Å². The Labute approximate surface area is 166 Å². The highest BCUT2D eigenvalue weighted by atomic mass is 32.2. The number of hydrogen-bond acceptors (Lipinski definition) is 4. The number of sulfonamides is 1. The molecule has 10 heteroatoms. The minimum atomic E-state index is -4.36. The number of hydrogen-bond donors (Lipinski definition) is 0. The fourth-order valence-electron chi connectivity index (χ4n) is 2.97. The van der Waals surface area contributed by atoms with Crippen molar-refractivity contribution in [3.05, 3.63) is 59.4 Å². The molecule has 1 amide bonds. The fourth-order valence-corrected chi connectivity index (χ4v) is 4.45. The first-order valence-corrected chi connectivity index (χ1v) is 10.3. The summed E-state index contributed by atoms with van der Waals surface area (Å²) >= 11 is 0. The highest BCUT2D eigenvalue weighted by Gasteiger charge is 2.33. The third-order valence-electron chi connectivity index (χ3n) is 4.65. The summed E-state index contributed by atoms with van der Waals surface area (Å²) in [5.41, 5.74) is 0.879. The maximum Gasteiger partial charge on any atom is 0.260 e. The second kappa shape index (κ2) is 8.42. The molecule has 0 saturated carbocycles. The molecular weight excluding hydrogens is 409 g/mol. The first-order valence-electron chi connectivity index (χ1n) is 8.81. The van der Waals surface area contributed by atoms with Crippen LogP contribution in [-0.4, -0.2) is 56.3 Å². The Bertz CT molecular complexity index is 1020. The summed E-state index contributed by atoms with van der Waals surface area (Å²) in [6, 6.07) is 8.47. The highest BCUT2D eigenvalue weighted by molar-refractivity contribution is 7.89. The van der Waals surface area contributed by atoms with Crippen molar-refractivity contribution in [1.29, 1.82) is 0 Å². The molecule has 1 saturated heterocycles. The van der Waals surface area contributed by atoms with Crippen LogP contribution in [0.15, 0.2) is 41.3 Å². The van der Waals surface area contributed by atoms with E-state index in [0.29, 0.717) is 17.9 Å². The van der Waals surface area contributed by atoms with Crippen LogP contribution in [0.5, 0.6) is 5.75 Å². The molecule has 156 valence electrons. The Morgan fingerprint density at radius 1 is 1.00 bits per heavy atom. The van der Waals surface area contributed by atoms with Gasteiger partial charge in [0.2, 0.25) is 10.0 Å². The monoisotopic (exact) mass is 428 g/mol. The molecule has 1 heterocycles. The van der Waals surface area contributed by atoms with Crippen molar-refractivity contribution < 1.29 is 31.1 Å². The Balaban J connectivity index is 1.62. The molecule has 1 aliphatic rings. The molecule has 1 fully saturated rings. The first-order chi connectivity index (χ1) is 13.7. The number of halogens is 3. The molecule has 0 bridgehead atoms. The summed E-state index contributed by atoms with van der Waals surface area (Å²) in [5, 5.41) is 0. The van der Waals surface area contributed by atoms with Crippen LogP contribution in [-0.2, 0) is 14.8 Å². The smallest absolute Gasteiger partial charge is 0.260 e. The molecule has 0 aliphatic carbocycles. The van der Waals surface area contributed by atoms with Crippen molar-refractivity contribution in [2.24, 2.45) is 0 Å². The predicted octanol–water partition coefficient (Wildman–Crippen LogP) is 2.32. The average molecular weight is 428 g/mol. The van der Waals surface area contributed by atoms with Crippen LogP contribution in [0.4, 0.5) is 13.2 Å². The summed E-state index contributed by atoms with van der Waals surface area (Å²) < 4.78 is 72.0. The number of carbonyl (C=O) groups excluding carboxylic acids is 1. The average Bonchev–Trinajstić information content (AvgIpc) is 2.71. The van der Waals surface area contributed by atoms with Crippen molar-refractivity contribution >= 4 is 15.9 Å². The number of benzene rings is 2. The Morgan fingerprint density at radius 2 is 1.66 bits per heavy atom. The van der Waals surface area contributed by atoms with Gasteiger partial charge in [-0.15, -0.1) is 0 Å². The van der Waals surface area contributed by atoms with E-state index in [4.69, 9.17) is 4.74 Å². The second-order valence-electron chi connectivity index (χ2n) is 6.51. The number of piperazine rings is 1. The van der Waals surface area contributed by atoms with Gasteiger partial charge in [-0.05, 0) is 30.7 Å². The Morgan fingerprint density at radius 3 is 2.31 bits per heavy atom. The van der Waals surface area contributed by atoms with Gasteiger partial charge in [0.15, 0.2) is 24.1 Å². The van der Waals surface area contributed by atoms with Gasteiger partial charge >= 0.3 is 0 Å². The van der Waals surface area contributed by atoms with Crippen LogP contribution in [0, 0.1) is 24.4 Å². The molecule has 6 nitrogen and oxygen atoms in total. The number of ether oxygens (including phenoxy) is 1. The van der Waals surface area contributed by atoms with Gasteiger partial charge in [-0.25, -0.2) is 21.6 Å². The molecule has 2 aromatic rings. The van der Waals surface area contributed by atoms with Crippen molar-refractivity contribution in [3.63, 3.8) is 0 Å². The summed E-state index contributed by atoms with van der Waals surface area (Å²) in [5.74, 6) is -4.80. The summed E-state index contributed by atoms with van der Waals surface area (Å²) in [6.45, 7) is 1.59. The van der Waals surface area contributed by atoms with E-state index in [2.05, 4.69) is 0 Å². The summed E-state index contributed by atoms with van der Waals surface area (Å²) in [7, 11) is -4.36. The maximum absolute atomic E-state index is 13.9. The minimum Gasteiger partial charge on any atom is -0.484 e. The molecule has 2 aromatic carbocycles. The van der Waals surface area contributed by atoms with Gasteiger partial charge in [0.05, 0.1) is 0 Å². The minimum absolute atomic E-state index is 0.0699. The number of para-hydroxylation sites is 1. The molecule has 0 N–H and O–H groups in total. The van der Waals surface area contributed by atoms with Crippen LogP contribution in [0.2, 0.25) is 0 Å². The first kappa shape index (κ1) is 21.1. The predicted molar refractivity (Wildman–Crippen MR) is 98.3 cm³/mol. The zero-order valence-corrected chi connectivity index (χ0v) is 16.4. The topological polar surface area (TPSA) is 66.9 Å². The van der Waals surface area contributed by atoms with E-state index >= 15 is 0 Å². The van der Waals surface area contributed by atoms with Crippen LogP contribution in [0.1, 0.15) is 5.56 Å². The molecule has 0 unspecified atom stereocenters. The molecule has 0 aromatic heterocycles. The van der Waals surface area contributed by atoms with Gasteiger partial charge < -0.3 is 9.64 Å². The van der Waals surface area contributed by atoms with Crippen molar-refractivity contribution in [2.75, 3.05) is 32.8 Å². The third kappa shape index (κ3) is 4.38. The normalized spacial score (nSPS) is 15.4. The zero-order chi connectivity index (χ0) is 21.2. The number of rotatable bonds is 5. The van der Waals surface area contributed by atoms with Gasteiger partial charge in [-0.1, -0.05) is 18.2 Å². The molecule has 0 spiro atoms. The largest absolute Gasteiger partial charge is 0.484 e. The standard InChI is InChI=1S/C19H19F3N2O4S/c1-13-4-2-3-5-15(13)28-12-17(25)23-8-10-24(11-9-23)29(26,27)16-7-6-14(20)18(21)19(16)22/h2-7H,8-12H2,1H3. The Kier molecular flexibility index (Phi) is 6.13. The number of aryl methyl sites for hydroxylation is 1. The number of nitrogens with zero attached hydrogens (tertiary/aromatic N) is 2. The van der Waals surface area contributed by atoms with Crippen molar-refractivity contribution in [1.82, 2.24) is 9.21 Å². The van der Waals surface area contributed by atoms with E-state index in [9.17, 15) is 26.4 Å². The molecular formula is C19H19F3N2O4S. The van der Waals surface area contributed by atoms with Gasteiger partial charge in [-0.2, -0.15) is 4.31 Å². The van der Waals surface area contributed by atoms with Crippen LogP contribution >= 0.6 is 0 Å². The van der Waals surface area contributed by atoms with E-state index in [0.717, 1.165) is 9.87 Å². The van der Waals surface area contributed by atoms with E-state index in [1.165, 1.54) is 4.90 Å². The van der Waals surface area contributed by atoms with Gasteiger partial charge in [-0.3, -0.25) is 4.79 Å². The summed E-state index contributed by atoms with van der Waals surface area (Å²) in [6.07, 6.45) is 0.